The minimum Gasteiger partial charge on any atom is -0.465 e. The smallest absolute Gasteiger partial charge is 0.343 e. The maximum absolute atomic E-state index is 14.9. The van der Waals surface area contributed by atoms with Crippen molar-refractivity contribution in [2.75, 3.05) is 31.4 Å². The summed E-state index contributed by atoms with van der Waals surface area (Å²) in [6, 6.07) is 9.04. The highest BCUT2D eigenvalue weighted by Crippen LogP contribution is 2.28. The Balaban J connectivity index is 1.49. The van der Waals surface area contributed by atoms with Crippen molar-refractivity contribution in [1.82, 2.24) is 10.1 Å². The van der Waals surface area contributed by atoms with E-state index in [4.69, 9.17) is 20.9 Å². The molecule has 2 unspecified atom stereocenters. The van der Waals surface area contributed by atoms with Crippen molar-refractivity contribution in [2.45, 2.75) is 18.6 Å². The van der Waals surface area contributed by atoms with Gasteiger partial charge in [-0.15, -0.1) is 0 Å². The van der Waals surface area contributed by atoms with Crippen LogP contribution in [0.25, 0.3) is 11.3 Å². The monoisotopic (exact) mass is 516 g/mol. The van der Waals surface area contributed by atoms with Crippen molar-refractivity contribution >= 4 is 40.9 Å². The summed E-state index contributed by atoms with van der Waals surface area (Å²) in [5, 5.41) is 9.50. The molecule has 1 aromatic heterocycles. The predicted octanol–water partition coefficient (Wildman–Crippen LogP) is 4.18. The van der Waals surface area contributed by atoms with Crippen molar-refractivity contribution in [1.29, 1.82) is 0 Å². The van der Waals surface area contributed by atoms with Gasteiger partial charge in [-0.1, -0.05) is 22.8 Å². The molecule has 2 atom stereocenters. The van der Waals surface area contributed by atoms with Crippen LogP contribution in [-0.2, 0) is 14.3 Å². The number of likely N-dealkylation sites (tertiary alicyclic amines) is 1. The van der Waals surface area contributed by atoms with Crippen LogP contribution >= 0.6 is 11.6 Å². The SMILES string of the molecule is COC(=O)c1conc1-c1ccc(NC(=O)C2CC(OC)CN2C(=O)Nc2ccc(Cl)cc2)c(F)c1. The summed E-state index contributed by atoms with van der Waals surface area (Å²) in [7, 11) is 2.69. The summed E-state index contributed by atoms with van der Waals surface area (Å²) in [6.07, 6.45) is 0.968. The highest BCUT2D eigenvalue weighted by Gasteiger charge is 2.40. The van der Waals surface area contributed by atoms with E-state index in [-0.39, 0.29) is 41.6 Å². The number of anilines is 2. The Labute approximate surface area is 210 Å². The number of benzene rings is 2. The van der Waals surface area contributed by atoms with Crippen LogP contribution in [0.1, 0.15) is 16.8 Å². The molecule has 3 amide bonds. The largest absolute Gasteiger partial charge is 0.465 e. The van der Waals surface area contributed by atoms with E-state index in [1.165, 1.54) is 31.3 Å². The van der Waals surface area contributed by atoms with Crippen LogP contribution in [-0.4, -0.2) is 60.9 Å². The van der Waals surface area contributed by atoms with Crippen molar-refractivity contribution in [3.8, 4) is 11.3 Å². The third kappa shape index (κ3) is 5.31. The number of rotatable bonds is 6. The number of nitrogens with zero attached hydrogens (tertiary/aromatic N) is 2. The van der Waals surface area contributed by atoms with E-state index in [0.29, 0.717) is 10.7 Å². The highest BCUT2D eigenvalue weighted by molar-refractivity contribution is 6.30. The minimum atomic E-state index is -0.900. The molecule has 1 aliphatic heterocycles. The Kier molecular flexibility index (Phi) is 7.51. The molecule has 1 saturated heterocycles. The summed E-state index contributed by atoms with van der Waals surface area (Å²) >= 11 is 5.88. The van der Waals surface area contributed by atoms with Gasteiger partial charge in [0, 0.05) is 36.3 Å². The third-order valence-electron chi connectivity index (χ3n) is 5.73. The molecular formula is C24H22ClFN4O6. The molecule has 12 heteroatoms. The van der Waals surface area contributed by atoms with Gasteiger partial charge in [0.2, 0.25) is 5.91 Å². The first-order chi connectivity index (χ1) is 17.3. The van der Waals surface area contributed by atoms with Gasteiger partial charge in [0.15, 0.2) is 0 Å². The van der Waals surface area contributed by atoms with Gasteiger partial charge >= 0.3 is 12.0 Å². The van der Waals surface area contributed by atoms with E-state index in [1.807, 2.05) is 0 Å². The second-order valence-electron chi connectivity index (χ2n) is 7.95. The first-order valence-electron chi connectivity index (χ1n) is 10.8. The number of methoxy groups -OCH3 is 2. The first kappa shape index (κ1) is 25.1. The van der Waals surface area contributed by atoms with Crippen LogP contribution in [0.5, 0.6) is 0 Å². The molecule has 0 spiro atoms. The molecular weight excluding hydrogens is 495 g/mol. The maximum atomic E-state index is 14.9. The zero-order valence-corrected chi connectivity index (χ0v) is 20.0. The summed E-state index contributed by atoms with van der Waals surface area (Å²) in [4.78, 5) is 39.2. The molecule has 0 bridgehead atoms. The number of urea groups is 1. The van der Waals surface area contributed by atoms with Gasteiger partial charge in [-0.25, -0.2) is 14.0 Å². The number of ether oxygens (including phenoxy) is 2. The standard InChI is InChI=1S/C24H22ClFN4O6/c1-34-16-10-20(30(11-16)24(33)27-15-6-4-14(25)5-7-15)22(31)28-19-8-3-13(9-18(19)26)21-17(12-36-29-21)23(32)35-2/h3-9,12,16,20H,10-11H2,1-2H3,(H,27,33)(H,28,31). The Hall–Kier alpha value is -3.96. The summed E-state index contributed by atoms with van der Waals surface area (Å²) in [5.74, 6) is -2.03. The number of aromatic nitrogens is 1. The molecule has 4 rings (SSSR count). The van der Waals surface area contributed by atoms with Crippen molar-refractivity contribution in [3.63, 3.8) is 0 Å². The van der Waals surface area contributed by atoms with Crippen molar-refractivity contribution < 1.29 is 32.8 Å². The fraction of sp³-hybridized carbons (Fsp3) is 0.250. The molecule has 1 aliphatic rings. The Morgan fingerprint density at radius 2 is 1.89 bits per heavy atom. The number of carbonyl (C=O) groups excluding carboxylic acids is 3. The fourth-order valence-electron chi connectivity index (χ4n) is 3.85. The molecule has 0 aliphatic carbocycles. The Morgan fingerprint density at radius 3 is 2.56 bits per heavy atom. The van der Waals surface area contributed by atoms with Gasteiger partial charge in [0.1, 0.15) is 29.4 Å². The van der Waals surface area contributed by atoms with E-state index in [2.05, 4.69) is 20.5 Å². The molecule has 10 nitrogen and oxygen atoms in total. The third-order valence-corrected chi connectivity index (χ3v) is 5.98. The van der Waals surface area contributed by atoms with E-state index >= 15 is 0 Å². The lowest BCUT2D eigenvalue weighted by Gasteiger charge is -2.24. The van der Waals surface area contributed by atoms with Crippen LogP contribution in [0.3, 0.4) is 0 Å². The number of hydrogen-bond donors (Lipinski definition) is 2. The van der Waals surface area contributed by atoms with Crippen LogP contribution in [0.4, 0.5) is 20.6 Å². The highest BCUT2D eigenvalue weighted by atomic mass is 35.5. The van der Waals surface area contributed by atoms with Crippen LogP contribution in [0, 0.1) is 5.82 Å². The molecule has 1 fully saturated rings. The second kappa shape index (κ2) is 10.8. The van der Waals surface area contributed by atoms with Gasteiger partial charge in [-0.3, -0.25) is 4.79 Å². The lowest BCUT2D eigenvalue weighted by molar-refractivity contribution is -0.119. The van der Waals surface area contributed by atoms with Crippen LogP contribution in [0.15, 0.2) is 53.3 Å². The number of carbonyl (C=O) groups is 3. The second-order valence-corrected chi connectivity index (χ2v) is 8.39. The number of hydrogen-bond acceptors (Lipinski definition) is 7. The topological polar surface area (TPSA) is 123 Å². The summed E-state index contributed by atoms with van der Waals surface area (Å²) in [5.41, 5.74) is 0.787. The van der Waals surface area contributed by atoms with E-state index < -0.39 is 29.8 Å². The Morgan fingerprint density at radius 1 is 1.14 bits per heavy atom. The summed E-state index contributed by atoms with van der Waals surface area (Å²) in [6.45, 7) is 0.178. The van der Waals surface area contributed by atoms with E-state index in [9.17, 15) is 18.8 Å². The van der Waals surface area contributed by atoms with Gasteiger partial charge < -0.3 is 29.5 Å². The zero-order chi connectivity index (χ0) is 25.8. The van der Waals surface area contributed by atoms with Gasteiger partial charge in [0.05, 0.1) is 18.9 Å². The van der Waals surface area contributed by atoms with Gasteiger partial charge in [-0.2, -0.15) is 0 Å². The quantitative estimate of drug-likeness (QED) is 0.471. The minimum absolute atomic E-state index is 0.0348. The maximum Gasteiger partial charge on any atom is 0.343 e. The number of nitrogens with one attached hydrogen (secondary N) is 2. The van der Waals surface area contributed by atoms with Crippen molar-refractivity contribution in [3.05, 3.63) is 65.1 Å². The van der Waals surface area contributed by atoms with Gasteiger partial charge in [-0.05, 0) is 36.4 Å². The molecule has 36 heavy (non-hydrogen) atoms. The lowest BCUT2D eigenvalue weighted by atomic mass is 10.1. The average Bonchev–Trinajstić information content (AvgIpc) is 3.54. The number of esters is 1. The summed E-state index contributed by atoms with van der Waals surface area (Å²) < 4.78 is 29.8. The molecule has 2 heterocycles. The normalized spacial score (nSPS) is 17.1. The number of halogens is 2. The van der Waals surface area contributed by atoms with Crippen LogP contribution < -0.4 is 10.6 Å². The molecule has 2 aromatic carbocycles. The van der Waals surface area contributed by atoms with Gasteiger partial charge in [0.25, 0.3) is 0 Å². The van der Waals surface area contributed by atoms with E-state index in [1.54, 1.807) is 24.3 Å². The molecule has 188 valence electrons. The number of amides is 3. The van der Waals surface area contributed by atoms with Crippen molar-refractivity contribution in [2.24, 2.45) is 0 Å². The molecule has 0 radical (unpaired) electrons. The fourth-order valence-corrected chi connectivity index (χ4v) is 3.98. The average molecular weight is 517 g/mol. The predicted molar refractivity (Wildman–Crippen MR) is 128 cm³/mol. The first-order valence-corrected chi connectivity index (χ1v) is 11.2. The molecule has 2 N–H and O–H groups in total. The molecule has 3 aromatic rings. The van der Waals surface area contributed by atoms with Crippen LogP contribution in [0.2, 0.25) is 5.02 Å². The Bertz CT molecular complexity index is 1280. The van der Waals surface area contributed by atoms with E-state index in [0.717, 1.165) is 12.3 Å². The molecule has 0 saturated carbocycles. The lowest BCUT2D eigenvalue weighted by Crippen LogP contribution is -2.45. The zero-order valence-electron chi connectivity index (χ0n) is 19.3.